The van der Waals surface area contributed by atoms with Crippen molar-refractivity contribution in [1.29, 1.82) is 5.26 Å². The number of rotatable bonds is 3. The summed E-state index contributed by atoms with van der Waals surface area (Å²) < 4.78 is 40.2. The summed E-state index contributed by atoms with van der Waals surface area (Å²) in [7, 11) is 1.37. The lowest BCUT2D eigenvalue weighted by molar-refractivity contribution is -0.137. The molecule has 0 aromatic heterocycles. The molecule has 4 rings (SSSR count). The molecule has 0 unspecified atom stereocenters. The molecule has 6 nitrogen and oxygen atoms in total. The number of carbonyl (C=O) groups is 2. The number of hydrogen-bond acceptors (Lipinski definition) is 3. The molecule has 0 atom stereocenters. The number of imide groups is 1. The van der Waals surface area contributed by atoms with Gasteiger partial charge in [-0.05, 0) is 59.5 Å². The van der Waals surface area contributed by atoms with Crippen LogP contribution >= 0.6 is 0 Å². The molecule has 36 heavy (non-hydrogen) atoms. The molecule has 0 spiro atoms. The van der Waals surface area contributed by atoms with Crippen molar-refractivity contribution in [3.8, 4) is 17.2 Å². The number of alkyl halides is 3. The fourth-order valence-electron chi connectivity index (χ4n) is 4.16. The van der Waals surface area contributed by atoms with E-state index in [0.29, 0.717) is 22.4 Å². The first kappa shape index (κ1) is 24.5. The molecule has 1 N–H and O–H groups in total. The zero-order valence-electron chi connectivity index (χ0n) is 19.4. The van der Waals surface area contributed by atoms with Gasteiger partial charge in [0.1, 0.15) is 0 Å². The molecule has 1 heterocycles. The summed E-state index contributed by atoms with van der Waals surface area (Å²) in [4.78, 5) is 28.0. The fraction of sp³-hybridized carbons (Fsp3) is 0.148. The summed E-state index contributed by atoms with van der Waals surface area (Å²) in [6.45, 7) is 1.57. The highest BCUT2D eigenvalue weighted by molar-refractivity contribution is 6.09. The molecule has 0 bridgehead atoms. The van der Waals surface area contributed by atoms with E-state index in [4.69, 9.17) is 5.26 Å². The van der Waals surface area contributed by atoms with Crippen molar-refractivity contribution in [3.63, 3.8) is 0 Å². The summed E-state index contributed by atoms with van der Waals surface area (Å²) >= 11 is 0. The van der Waals surface area contributed by atoms with E-state index in [1.807, 2.05) is 18.2 Å². The number of nitrogens with one attached hydrogen (secondary N) is 1. The molecule has 9 heteroatoms. The molecule has 3 aromatic rings. The van der Waals surface area contributed by atoms with Crippen molar-refractivity contribution >= 4 is 23.3 Å². The van der Waals surface area contributed by atoms with Crippen LogP contribution in [0, 0.1) is 11.3 Å². The average molecular weight is 490 g/mol. The largest absolute Gasteiger partial charge is 0.416 e. The molecule has 0 saturated carbocycles. The van der Waals surface area contributed by atoms with Crippen molar-refractivity contribution < 1.29 is 22.8 Å². The molecule has 0 saturated heterocycles. The van der Waals surface area contributed by atoms with Gasteiger partial charge in [-0.1, -0.05) is 42.5 Å². The summed E-state index contributed by atoms with van der Waals surface area (Å²) in [5, 5.41) is 11.5. The van der Waals surface area contributed by atoms with Crippen LogP contribution in [-0.4, -0.2) is 30.6 Å². The van der Waals surface area contributed by atoms with E-state index < -0.39 is 23.8 Å². The summed E-state index contributed by atoms with van der Waals surface area (Å²) in [6, 6.07) is 19.4. The minimum Gasteiger partial charge on any atom is -0.341 e. The molecule has 1 aliphatic rings. The van der Waals surface area contributed by atoms with E-state index in [1.54, 1.807) is 37.3 Å². The standard InChI is InChI=1S/C27H21F3N4O2/c1-17-24(23-9-4-3-8-22(23)19-12-10-18(15-31)11-13-19)16-33(25(35)32-2)26(36)34(17)21-7-5-6-20(14-21)27(28,29)30/h3-14H,16H2,1-2H3,(H,32,35). The van der Waals surface area contributed by atoms with Crippen LogP contribution in [0.1, 0.15) is 23.6 Å². The second-order valence-corrected chi connectivity index (χ2v) is 8.11. The number of halogens is 3. The van der Waals surface area contributed by atoms with Crippen molar-refractivity contribution in [2.24, 2.45) is 0 Å². The van der Waals surface area contributed by atoms with E-state index in [0.717, 1.165) is 33.1 Å². The van der Waals surface area contributed by atoms with E-state index in [-0.39, 0.29) is 12.2 Å². The monoisotopic (exact) mass is 490 g/mol. The van der Waals surface area contributed by atoms with Crippen LogP contribution in [0.15, 0.2) is 78.5 Å². The first-order valence-electron chi connectivity index (χ1n) is 11.0. The van der Waals surface area contributed by atoms with Gasteiger partial charge in [0.15, 0.2) is 0 Å². The molecule has 0 radical (unpaired) electrons. The van der Waals surface area contributed by atoms with Crippen LogP contribution in [0.25, 0.3) is 16.7 Å². The lowest BCUT2D eigenvalue weighted by Crippen LogP contribution is -2.53. The Labute approximate surface area is 205 Å². The summed E-state index contributed by atoms with van der Waals surface area (Å²) in [5.74, 6) is 0. The lowest BCUT2D eigenvalue weighted by atomic mass is 9.91. The molecule has 0 fully saturated rings. The van der Waals surface area contributed by atoms with Gasteiger partial charge >= 0.3 is 18.2 Å². The second kappa shape index (κ2) is 9.58. The SMILES string of the molecule is CNC(=O)N1CC(c2ccccc2-c2ccc(C#N)cc2)=C(C)N(c2cccc(C(F)(F)F)c2)C1=O. The van der Waals surface area contributed by atoms with Crippen LogP contribution in [0.3, 0.4) is 0 Å². The first-order valence-corrected chi connectivity index (χ1v) is 11.0. The van der Waals surface area contributed by atoms with E-state index in [2.05, 4.69) is 11.4 Å². The topological polar surface area (TPSA) is 76.4 Å². The molecule has 182 valence electrons. The van der Waals surface area contributed by atoms with Gasteiger partial charge in [-0.3, -0.25) is 4.90 Å². The van der Waals surface area contributed by atoms with Crippen LogP contribution in [0.5, 0.6) is 0 Å². The van der Waals surface area contributed by atoms with Crippen molar-refractivity contribution in [1.82, 2.24) is 10.2 Å². The number of anilines is 1. The van der Waals surface area contributed by atoms with Gasteiger partial charge in [0.2, 0.25) is 0 Å². The third-order valence-corrected chi connectivity index (χ3v) is 5.98. The van der Waals surface area contributed by atoms with Crippen LogP contribution < -0.4 is 10.2 Å². The second-order valence-electron chi connectivity index (χ2n) is 8.11. The van der Waals surface area contributed by atoms with Crippen molar-refractivity contribution in [2.45, 2.75) is 13.1 Å². The molecule has 0 aliphatic carbocycles. The predicted molar refractivity (Wildman–Crippen MR) is 130 cm³/mol. The molecule has 3 aromatic carbocycles. The molecular formula is C27H21F3N4O2. The van der Waals surface area contributed by atoms with Gasteiger partial charge in [-0.2, -0.15) is 18.4 Å². The number of nitriles is 1. The third kappa shape index (κ3) is 4.53. The quantitative estimate of drug-likeness (QED) is 0.471. The summed E-state index contributed by atoms with van der Waals surface area (Å²) in [5.41, 5.74) is 2.88. The Morgan fingerprint density at radius 2 is 1.67 bits per heavy atom. The van der Waals surface area contributed by atoms with Crippen LogP contribution in [0.2, 0.25) is 0 Å². The van der Waals surface area contributed by atoms with Crippen LogP contribution in [-0.2, 0) is 6.18 Å². The maximum absolute atomic E-state index is 13.4. The highest BCUT2D eigenvalue weighted by Gasteiger charge is 2.37. The van der Waals surface area contributed by atoms with Crippen molar-refractivity contribution in [2.75, 3.05) is 18.5 Å². The number of amides is 4. The number of urea groups is 2. The number of carbonyl (C=O) groups excluding carboxylic acids is 2. The van der Waals surface area contributed by atoms with Gasteiger partial charge < -0.3 is 5.32 Å². The number of benzene rings is 3. The Hall–Kier alpha value is -4.58. The maximum Gasteiger partial charge on any atom is 0.416 e. The van der Waals surface area contributed by atoms with E-state index in [9.17, 15) is 22.8 Å². The minimum absolute atomic E-state index is 0.00529. The smallest absolute Gasteiger partial charge is 0.341 e. The van der Waals surface area contributed by atoms with E-state index >= 15 is 0 Å². The van der Waals surface area contributed by atoms with Gasteiger partial charge in [-0.25, -0.2) is 14.5 Å². The highest BCUT2D eigenvalue weighted by atomic mass is 19.4. The molecular weight excluding hydrogens is 469 g/mol. The van der Waals surface area contributed by atoms with E-state index in [1.165, 1.54) is 19.2 Å². The Bertz CT molecular complexity index is 1410. The number of hydrogen-bond donors (Lipinski definition) is 1. The van der Waals surface area contributed by atoms with Gasteiger partial charge in [0.25, 0.3) is 0 Å². The fourth-order valence-corrected chi connectivity index (χ4v) is 4.16. The van der Waals surface area contributed by atoms with Gasteiger partial charge in [0.05, 0.1) is 29.4 Å². The zero-order valence-corrected chi connectivity index (χ0v) is 19.4. The minimum atomic E-state index is -4.60. The predicted octanol–water partition coefficient (Wildman–Crippen LogP) is 6.26. The normalized spacial score (nSPS) is 14.1. The van der Waals surface area contributed by atoms with Gasteiger partial charge in [0, 0.05) is 12.7 Å². The maximum atomic E-state index is 13.4. The summed E-state index contributed by atoms with van der Waals surface area (Å²) in [6.07, 6.45) is -4.60. The Morgan fingerprint density at radius 3 is 2.28 bits per heavy atom. The Morgan fingerprint density at radius 1 is 1.00 bits per heavy atom. The average Bonchev–Trinajstić information content (AvgIpc) is 2.88. The Balaban J connectivity index is 1.91. The first-order chi connectivity index (χ1) is 17.2. The zero-order chi connectivity index (χ0) is 26.0. The number of allylic oxidation sites excluding steroid dienone is 1. The molecule has 4 amide bonds. The van der Waals surface area contributed by atoms with Gasteiger partial charge in [-0.15, -0.1) is 0 Å². The Kier molecular flexibility index (Phi) is 6.53. The number of nitrogens with zero attached hydrogens (tertiary/aromatic N) is 3. The van der Waals surface area contributed by atoms with Crippen molar-refractivity contribution in [3.05, 3.63) is 95.2 Å². The third-order valence-electron chi connectivity index (χ3n) is 5.98. The molecule has 1 aliphatic heterocycles. The van der Waals surface area contributed by atoms with Crippen LogP contribution in [0.4, 0.5) is 28.4 Å². The lowest BCUT2D eigenvalue weighted by Gasteiger charge is -2.37. The highest BCUT2D eigenvalue weighted by Crippen LogP contribution is 2.38.